The van der Waals surface area contributed by atoms with Gasteiger partial charge in [0.15, 0.2) is 0 Å². The van der Waals surface area contributed by atoms with E-state index in [0.717, 1.165) is 11.1 Å². The monoisotopic (exact) mass is 797 g/mol. The van der Waals surface area contributed by atoms with E-state index >= 15 is 0 Å². The van der Waals surface area contributed by atoms with E-state index in [1.54, 1.807) is 0 Å². The van der Waals surface area contributed by atoms with Crippen LogP contribution in [-0.2, 0) is 0 Å². The average molecular weight is 798 g/mol. The van der Waals surface area contributed by atoms with Crippen LogP contribution in [0.15, 0.2) is 219 Å². The van der Waals surface area contributed by atoms with Crippen molar-refractivity contribution in [2.24, 2.45) is 0 Å². The first-order chi connectivity index (χ1) is 31.2. The van der Waals surface area contributed by atoms with Gasteiger partial charge in [-0.1, -0.05) is 176 Å². The number of hydrogen-bond donors (Lipinski definition) is 0. The largest absolute Gasteiger partial charge is 0.264 e. The van der Waals surface area contributed by atoms with E-state index in [0.29, 0.717) is 0 Å². The van der Waals surface area contributed by atoms with Crippen molar-refractivity contribution in [2.45, 2.75) is 6.92 Å². The van der Waals surface area contributed by atoms with Crippen molar-refractivity contribution in [1.29, 1.82) is 0 Å². The predicted octanol–water partition coefficient (Wildman–Crippen LogP) is 17.3. The summed E-state index contributed by atoms with van der Waals surface area (Å²) in [6, 6.07) is 76.9. The first kappa shape index (κ1) is 35.6. The van der Waals surface area contributed by atoms with E-state index in [1.165, 1.54) is 125 Å². The lowest BCUT2D eigenvalue weighted by Gasteiger charge is -2.20. The zero-order valence-electron chi connectivity index (χ0n) is 34.7. The lowest BCUT2D eigenvalue weighted by molar-refractivity contribution is 1.33. The predicted molar refractivity (Wildman–Crippen MR) is 271 cm³/mol. The summed E-state index contributed by atoms with van der Waals surface area (Å²) < 4.78 is 0. The molecule has 1 heteroatoms. The minimum atomic E-state index is 1.12. The van der Waals surface area contributed by atoms with Crippen molar-refractivity contribution in [3.63, 3.8) is 0 Å². The number of nitrogens with zero attached hydrogens (tertiary/aromatic N) is 1. The molecule has 0 atom stereocenters. The van der Waals surface area contributed by atoms with Gasteiger partial charge in [-0.25, -0.2) is 0 Å². The minimum Gasteiger partial charge on any atom is -0.264 e. The third-order valence-corrected chi connectivity index (χ3v) is 13.7. The van der Waals surface area contributed by atoms with Crippen LogP contribution in [0.4, 0.5) is 0 Å². The van der Waals surface area contributed by atoms with Gasteiger partial charge in [0.05, 0.1) is 0 Å². The Labute approximate surface area is 365 Å². The maximum Gasteiger partial charge on any atom is 0.0346 e. The molecule has 0 unspecified atom stereocenters. The van der Waals surface area contributed by atoms with Crippen LogP contribution in [0.3, 0.4) is 0 Å². The molecule has 0 aliphatic heterocycles. The van der Waals surface area contributed by atoms with Gasteiger partial charge in [0, 0.05) is 12.4 Å². The lowest BCUT2D eigenvalue weighted by Crippen LogP contribution is -1.94. The minimum absolute atomic E-state index is 1.12. The van der Waals surface area contributed by atoms with Gasteiger partial charge in [0.25, 0.3) is 0 Å². The number of pyridine rings is 1. The molecule has 12 aromatic carbocycles. The number of aromatic nitrogens is 1. The highest BCUT2D eigenvalue weighted by molar-refractivity contribution is 6.28. The van der Waals surface area contributed by atoms with Gasteiger partial charge in [-0.05, 0) is 174 Å². The van der Waals surface area contributed by atoms with Crippen LogP contribution in [0, 0.1) is 6.92 Å². The maximum atomic E-state index is 4.39. The fourth-order valence-corrected chi connectivity index (χ4v) is 10.8. The number of rotatable bonds is 4. The summed E-state index contributed by atoms with van der Waals surface area (Å²) in [5, 5.41) is 20.5. The molecule has 1 nitrogen and oxygen atoms in total. The number of benzene rings is 12. The van der Waals surface area contributed by atoms with Crippen LogP contribution >= 0.6 is 0 Å². The summed E-state index contributed by atoms with van der Waals surface area (Å²) in [6.07, 6.45) is 3.76. The molecular weight excluding hydrogens is 759 g/mol. The normalized spacial score (nSPS) is 11.9. The third-order valence-electron chi connectivity index (χ3n) is 13.7. The molecule has 292 valence electrons. The topological polar surface area (TPSA) is 12.9 Å². The van der Waals surface area contributed by atoms with E-state index in [-0.39, 0.29) is 0 Å². The fraction of sp³-hybridized carbons (Fsp3) is 0.0161. The molecule has 1 heterocycles. The van der Waals surface area contributed by atoms with Crippen molar-refractivity contribution in [3.8, 4) is 44.5 Å². The smallest absolute Gasteiger partial charge is 0.0346 e. The van der Waals surface area contributed by atoms with Crippen LogP contribution in [0.5, 0.6) is 0 Å². The zero-order chi connectivity index (χ0) is 41.6. The summed E-state index contributed by atoms with van der Waals surface area (Å²) >= 11 is 0. The van der Waals surface area contributed by atoms with Gasteiger partial charge in [-0.3, -0.25) is 4.98 Å². The Kier molecular flexibility index (Phi) is 7.89. The van der Waals surface area contributed by atoms with Crippen LogP contribution in [0.25, 0.3) is 131 Å². The highest BCUT2D eigenvalue weighted by atomic mass is 14.6. The van der Waals surface area contributed by atoms with Gasteiger partial charge < -0.3 is 0 Å². The quantitative estimate of drug-likeness (QED) is 0.162. The van der Waals surface area contributed by atoms with Crippen LogP contribution in [-0.4, -0.2) is 4.98 Å². The summed E-state index contributed by atoms with van der Waals surface area (Å²) in [4.78, 5) is 4.39. The standard InChI is InChI=1S/C62H39N/c1-38-56(40-26-24-39(25-27-40)43-13-12-32-63-37-43)35-58(42-29-31-54-49-19-5-3-15-45(49)47-17-7-9-21-51(47)60(54)34-42)61-36-57(52-22-10-11-23-55(52)62(38)61)41-28-30-53-48-18-4-2-14-44(48)46-16-6-8-20-50(46)59(53)33-41/h2-37H,1H3. The Morgan fingerprint density at radius 3 is 1.13 bits per heavy atom. The van der Waals surface area contributed by atoms with Crippen LogP contribution < -0.4 is 0 Å². The molecule has 0 aliphatic rings. The van der Waals surface area contributed by atoms with Crippen LogP contribution in [0.1, 0.15) is 5.56 Å². The second kappa shape index (κ2) is 14.0. The Morgan fingerprint density at radius 1 is 0.254 bits per heavy atom. The van der Waals surface area contributed by atoms with Gasteiger partial charge >= 0.3 is 0 Å². The van der Waals surface area contributed by atoms with E-state index in [9.17, 15) is 0 Å². The first-order valence-corrected chi connectivity index (χ1v) is 21.8. The number of aryl methyl sites for hydroxylation is 1. The molecule has 13 aromatic rings. The third kappa shape index (κ3) is 5.46. The van der Waals surface area contributed by atoms with Gasteiger partial charge in [-0.15, -0.1) is 0 Å². The number of fused-ring (bicyclic) bond motifs is 15. The molecule has 63 heavy (non-hydrogen) atoms. The first-order valence-electron chi connectivity index (χ1n) is 21.8. The van der Waals surface area contributed by atoms with Crippen LogP contribution in [0.2, 0.25) is 0 Å². The molecule has 0 spiro atoms. The molecule has 0 aliphatic carbocycles. The zero-order valence-corrected chi connectivity index (χ0v) is 34.7. The molecule has 0 saturated carbocycles. The molecule has 13 rings (SSSR count). The SMILES string of the molecule is Cc1c(-c2ccc(-c3cccnc3)cc2)cc(-c2ccc3c4ccccc4c4ccccc4c3c2)c2cc(-c3ccc4c5ccccc5c5ccccc5c4c3)c3ccccc3c12. The molecule has 0 bridgehead atoms. The fourth-order valence-electron chi connectivity index (χ4n) is 10.8. The van der Waals surface area contributed by atoms with Crippen molar-refractivity contribution < 1.29 is 0 Å². The van der Waals surface area contributed by atoms with E-state index in [4.69, 9.17) is 0 Å². The molecule has 0 amide bonds. The molecule has 1 aromatic heterocycles. The van der Waals surface area contributed by atoms with Crippen molar-refractivity contribution >= 4 is 86.2 Å². The van der Waals surface area contributed by atoms with E-state index in [2.05, 4.69) is 212 Å². The Morgan fingerprint density at radius 2 is 0.651 bits per heavy atom. The summed E-state index contributed by atoms with van der Waals surface area (Å²) in [7, 11) is 0. The summed E-state index contributed by atoms with van der Waals surface area (Å²) in [6.45, 7) is 2.32. The van der Waals surface area contributed by atoms with Gasteiger partial charge in [0.2, 0.25) is 0 Å². The average Bonchev–Trinajstić information content (AvgIpc) is 3.36. The highest BCUT2D eigenvalue weighted by Gasteiger charge is 2.20. The molecule has 0 radical (unpaired) electrons. The highest BCUT2D eigenvalue weighted by Crippen LogP contribution is 2.47. The second-order valence-electron chi connectivity index (χ2n) is 17.0. The Balaban J connectivity index is 1.12. The van der Waals surface area contributed by atoms with Crippen molar-refractivity contribution in [3.05, 3.63) is 224 Å². The summed E-state index contributed by atoms with van der Waals surface area (Å²) in [5.41, 5.74) is 10.9. The Hall–Kier alpha value is -8.13. The van der Waals surface area contributed by atoms with Gasteiger partial charge in [-0.2, -0.15) is 0 Å². The second-order valence-corrected chi connectivity index (χ2v) is 17.0. The van der Waals surface area contributed by atoms with E-state index in [1.807, 2.05) is 18.5 Å². The number of hydrogen-bond acceptors (Lipinski definition) is 1. The maximum absolute atomic E-state index is 4.39. The molecule has 0 fully saturated rings. The molecular formula is C62H39N. The lowest BCUT2D eigenvalue weighted by atomic mass is 9.83. The van der Waals surface area contributed by atoms with Crippen molar-refractivity contribution in [1.82, 2.24) is 4.98 Å². The summed E-state index contributed by atoms with van der Waals surface area (Å²) in [5.74, 6) is 0. The van der Waals surface area contributed by atoms with Crippen molar-refractivity contribution in [2.75, 3.05) is 0 Å². The molecule has 0 saturated heterocycles. The molecule has 0 N–H and O–H groups in total. The van der Waals surface area contributed by atoms with E-state index < -0.39 is 0 Å². The van der Waals surface area contributed by atoms with Gasteiger partial charge in [0.1, 0.15) is 0 Å². The Bertz CT molecular complexity index is 3940.